The summed E-state index contributed by atoms with van der Waals surface area (Å²) in [6.07, 6.45) is 3.52. The van der Waals surface area contributed by atoms with Gasteiger partial charge in [-0.25, -0.2) is 0 Å². The van der Waals surface area contributed by atoms with Crippen LogP contribution in [0.25, 0.3) is 0 Å². The van der Waals surface area contributed by atoms with Gasteiger partial charge < -0.3 is 15.4 Å². The Labute approximate surface area is 102 Å². The zero-order valence-electron chi connectivity index (χ0n) is 10.2. The number of amides is 1. The molecule has 2 N–H and O–H groups in total. The van der Waals surface area contributed by atoms with Crippen molar-refractivity contribution < 1.29 is 9.53 Å². The Balaban J connectivity index is 1.54. The Bertz CT molecular complexity index is 310. The summed E-state index contributed by atoms with van der Waals surface area (Å²) in [5, 5.41) is 0. The van der Waals surface area contributed by atoms with Crippen molar-refractivity contribution in [2.24, 2.45) is 5.73 Å². The van der Waals surface area contributed by atoms with Crippen molar-refractivity contribution in [1.82, 2.24) is 9.80 Å². The molecule has 3 aliphatic heterocycles. The summed E-state index contributed by atoms with van der Waals surface area (Å²) < 4.78 is 5.86. The van der Waals surface area contributed by atoms with E-state index in [1.54, 1.807) is 0 Å². The second-order valence-electron chi connectivity index (χ2n) is 5.43. The minimum atomic E-state index is -0.280. The molecule has 96 valence electrons. The molecule has 0 aromatic carbocycles. The maximum atomic E-state index is 11.7. The van der Waals surface area contributed by atoms with Crippen LogP contribution in [0.1, 0.15) is 19.3 Å². The molecular weight excluding hydrogens is 218 g/mol. The molecule has 3 aliphatic rings. The highest BCUT2D eigenvalue weighted by atomic mass is 16.5. The molecule has 0 bridgehead atoms. The van der Waals surface area contributed by atoms with Crippen LogP contribution in [0.5, 0.6) is 0 Å². The molecule has 3 heterocycles. The molecule has 17 heavy (non-hydrogen) atoms. The summed E-state index contributed by atoms with van der Waals surface area (Å²) in [6, 6.07) is 0.348. The molecule has 3 fully saturated rings. The van der Waals surface area contributed by atoms with Gasteiger partial charge in [0, 0.05) is 25.7 Å². The van der Waals surface area contributed by atoms with Crippen molar-refractivity contribution >= 4 is 5.91 Å². The van der Waals surface area contributed by atoms with E-state index in [1.165, 1.54) is 19.4 Å². The van der Waals surface area contributed by atoms with Gasteiger partial charge in [0.25, 0.3) is 0 Å². The molecule has 5 heteroatoms. The third-order valence-corrected chi connectivity index (χ3v) is 4.22. The number of carbonyl (C=O) groups excluding carboxylic acids is 1. The lowest BCUT2D eigenvalue weighted by molar-refractivity contribution is -0.132. The van der Waals surface area contributed by atoms with Gasteiger partial charge in [-0.05, 0) is 25.8 Å². The van der Waals surface area contributed by atoms with Gasteiger partial charge in [0.1, 0.15) is 0 Å². The van der Waals surface area contributed by atoms with E-state index in [1.807, 2.05) is 4.90 Å². The van der Waals surface area contributed by atoms with Crippen molar-refractivity contribution in [2.45, 2.75) is 37.5 Å². The monoisotopic (exact) mass is 239 g/mol. The lowest BCUT2D eigenvalue weighted by Crippen LogP contribution is -2.50. The molecule has 3 saturated heterocycles. The first-order valence-electron chi connectivity index (χ1n) is 6.64. The van der Waals surface area contributed by atoms with E-state index in [9.17, 15) is 4.79 Å². The molecule has 3 rings (SSSR count). The van der Waals surface area contributed by atoms with Crippen LogP contribution in [0.4, 0.5) is 0 Å². The van der Waals surface area contributed by atoms with Crippen molar-refractivity contribution in [3.05, 3.63) is 0 Å². The number of fused-ring (bicyclic) bond motifs is 1. The number of rotatable bonds is 2. The number of ether oxygens (including phenoxy) is 1. The van der Waals surface area contributed by atoms with E-state index in [0.29, 0.717) is 6.04 Å². The SMILES string of the molecule is NC1CCN(CC2CN3CCCC3CO2)C1=O. The smallest absolute Gasteiger partial charge is 0.239 e. The van der Waals surface area contributed by atoms with E-state index >= 15 is 0 Å². The molecule has 3 unspecified atom stereocenters. The van der Waals surface area contributed by atoms with Crippen LogP contribution in [0, 0.1) is 0 Å². The molecule has 0 saturated carbocycles. The van der Waals surface area contributed by atoms with Gasteiger partial charge >= 0.3 is 0 Å². The van der Waals surface area contributed by atoms with Crippen LogP contribution >= 0.6 is 0 Å². The van der Waals surface area contributed by atoms with Gasteiger partial charge in [-0.15, -0.1) is 0 Å². The number of nitrogens with two attached hydrogens (primary N) is 1. The molecule has 3 atom stereocenters. The first-order valence-corrected chi connectivity index (χ1v) is 6.64. The highest BCUT2D eigenvalue weighted by molar-refractivity contribution is 5.83. The lowest BCUT2D eigenvalue weighted by Gasteiger charge is -2.36. The van der Waals surface area contributed by atoms with Gasteiger partial charge in [0.05, 0.1) is 18.8 Å². The van der Waals surface area contributed by atoms with E-state index in [4.69, 9.17) is 10.5 Å². The van der Waals surface area contributed by atoms with Crippen molar-refractivity contribution in [1.29, 1.82) is 0 Å². The van der Waals surface area contributed by atoms with E-state index in [2.05, 4.69) is 4.90 Å². The second-order valence-corrected chi connectivity index (χ2v) is 5.43. The van der Waals surface area contributed by atoms with Crippen molar-refractivity contribution in [3.8, 4) is 0 Å². The predicted octanol–water partition coefficient (Wildman–Crippen LogP) is -0.591. The van der Waals surface area contributed by atoms with Crippen molar-refractivity contribution in [3.63, 3.8) is 0 Å². The maximum Gasteiger partial charge on any atom is 0.239 e. The van der Waals surface area contributed by atoms with Crippen LogP contribution in [0.15, 0.2) is 0 Å². The Morgan fingerprint density at radius 2 is 2.24 bits per heavy atom. The van der Waals surface area contributed by atoms with Crippen LogP contribution in [0.2, 0.25) is 0 Å². The molecule has 0 spiro atoms. The number of morpholine rings is 1. The van der Waals surface area contributed by atoms with Gasteiger partial charge in [-0.1, -0.05) is 0 Å². The lowest BCUT2D eigenvalue weighted by atomic mass is 10.2. The first kappa shape index (κ1) is 11.4. The fourth-order valence-corrected chi connectivity index (χ4v) is 3.19. The van der Waals surface area contributed by atoms with Crippen LogP contribution in [-0.2, 0) is 9.53 Å². The molecule has 0 aromatic heterocycles. The quantitative estimate of drug-likeness (QED) is 0.700. The fraction of sp³-hybridized carbons (Fsp3) is 0.917. The van der Waals surface area contributed by atoms with Gasteiger partial charge in [0.15, 0.2) is 0 Å². The number of likely N-dealkylation sites (tertiary alicyclic amines) is 1. The van der Waals surface area contributed by atoms with Gasteiger partial charge in [-0.2, -0.15) is 0 Å². The molecule has 5 nitrogen and oxygen atoms in total. The third-order valence-electron chi connectivity index (χ3n) is 4.22. The fourth-order valence-electron chi connectivity index (χ4n) is 3.19. The Morgan fingerprint density at radius 1 is 1.35 bits per heavy atom. The Hall–Kier alpha value is -0.650. The highest BCUT2D eigenvalue weighted by Gasteiger charge is 2.35. The zero-order valence-corrected chi connectivity index (χ0v) is 10.2. The second kappa shape index (κ2) is 4.55. The first-order chi connectivity index (χ1) is 8.24. The molecule has 0 aromatic rings. The molecular formula is C12H21N3O2. The highest BCUT2D eigenvalue weighted by Crippen LogP contribution is 2.23. The summed E-state index contributed by atoms with van der Waals surface area (Å²) >= 11 is 0. The summed E-state index contributed by atoms with van der Waals surface area (Å²) in [5.74, 6) is 0.0946. The van der Waals surface area contributed by atoms with Crippen LogP contribution < -0.4 is 5.73 Å². The summed E-state index contributed by atoms with van der Waals surface area (Å²) in [7, 11) is 0. The minimum Gasteiger partial charge on any atom is -0.373 e. The van der Waals surface area contributed by atoms with E-state index < -0.39 is 0 Å². The molecule has 1 amide bonds. The van der Waals surface area contributed by atoms with Crippen LogP contribution in [0.3, 0.4) is 0 Å². The summed E-state index contributed by atoms with van der Waals surface area (Å²) in [6.45, 7) is 4.51. The average molecular weight is 239 g/mol. The number of hydrogen-bond acceptors (Lipinski definition) is 4. The number of hydrogen-bond donors (Lipinski definition) is 1. The maximum absolute atomic E-state index is 11.7. The summed E-state index contributed by atoms with van der Waals surface area (Å²) in [5.41, 5.74) is 5.72. The topological polar surface area (TPSA) is 58.8 Å². The van der Waals surface area contributed by atoms with Crippen molar-refractivity contribution in [2.75, 3.05) is 32.8 Å². The largest absolute Gasteiger partial charge is 0.373 e. The Kier molecular flexibility index (Phi) is 3.06. The normalized spacial score (nSPS) is 38.8. The van der Waals surface area contributed by atoms with E-state index in [-0.39, 0.29) is 18.1 Å². The number of nitrogens with zero attached hydrogens (tertiary/aromatic N) is 2. The molecule has 0 radical (unpaired) electrons. The number of carbonyl (C=O) groups is 1. The Morgan fingerprint density at radius 3 is 3.00 bits per heavy atom. The summed E-state index contributed by atoms with van der Waals surface area (Å²) in [4.78, 5) is 16.1. The van der Waals surface area contributed by atoms with Gasteiger partial charge in [-0.3, -0.25) is 9.69 Å². The van der Waals surface area contributed by atoms with Gasteiger partial charge in [0.2, 0.25) is 5.91 Å². The predicted molar refractivity (Wildman–Crippen MR) is 63.5 cm³/mol. The van der Waals surface area contributed by atoms with Crippen LogP contribution in [-0.4, -0.2) is 66.7 Å². The minimum absolute atomic E-state index is 0.0946. The third kappa shape index (κ3) is 2.19. The average Bonchev–Trinajstić information content (AvgIpc) is 2.90. The standard InChI is InChI=1S/C12H21N3O2/c13-11-3-5-15(12(11)16)7-10-6-14-4-1-2-9(14)8-17-10/h9-11H,1-8,13H2. The molecule has 0 aliphatic carbocycles. The van der Waals surface area contributed by atoms with E-state index in [0.717, 1.165) is 32.7 Å². The zero-order chi connectivity index (χ0) is 11.8.